The number of ether oxygens (including phenoxy) is 1. The van der Waals surface area contributed by atoms with Crippen LogP contribution >= 0.6 is 11.6 Å². The summed E-state index contributed by atoms with van der Waals surface area (Å²) in [6.45, 7) is 5.23. The summed E-state index contributed by atoms with van der Waals surface area (Å²) >= 11 is 5.96. The van der Waals surface area contributed by atoms with Gasteiger partial charge < -0.3 is 4.74 Å². The number of nitrogens with zero attached hydrogens (tertiary/aromatic N) is 2. The molecule has 176 valence electrons. The topological polar surface area (TPSA) is 84.0 Å². The Labute approximate surface area is 196 Å². The molecule has 1 saturated heterocycles. The van der Waals surface area contributed by atoms with Gasteiger partial charge >= 0.3 is 0 Å². The summed E-state index contributed by atoms with van der Waals surface area (Å²) in [7, 11) is -7.54. The molecule has 0 saturated carbocycles. The lowest BCUT2D eigenvalue weighted by Gasteiger charge is -2.25. The molecule has 0 spiro atoms. The molecule has 0 unspecified atom stereocenters. The van der Waals surface area contributed by atoms with Gasteiger partial charge in [0.2, 0.25) is 20.0 Å². The Kier molecular flexibility index (Phi) is 8.35. The predicted octanol–water partition coefficient (Wildman–Crippen LogP) is 3.74. The molecule has 1 heterocycles. The molecule has 3 rings (SSSR count). The highest BCUT2D eigenvalue weighted by atomic mass is 35.5. The van der Waals surface area contributed by atoms with Crippen molar-refractivity contribution >= 4 is 31.6 Å². The molecular weight excluding hydrogens is 472 g/mol. The van der Waals surface area contributed by atoms with Crippen LogP contribution in [0.25, 0.3) is 0 Å². The van der Waals surface area contributed by atoms with Gasteiger partial charge in [-0.1, -0.05) is 37.6 Å². The van der Waals surface area contributed by atoms with Crippen molar-refractivity contribution in [2.75, 3.05) is 26.2 Å². The second-order valence-electron chi connectivity index (χ2n) is 7.62. The van der Waals surface area contributed by atoms with E-state index in [4.69, 9.17) is 16.3 Å². The smallest absolute Gasteiger partial charge is 0.243 e. The third-order valence-corrected chi connectivity index (χ3v) is 9.65. The molecule has 0 aromatic heterocycles. The molecule has 7 nitrogen and oxygen atoms in total. The third kappa shape index (κ3) is 5.70. The van der Waals surface area contributed by atoms with Crippen LogP contribution in [0.15, 0.2) is 58.3 Å². The molecular formula is C22H29ClN2O5S2. The normalized spacial score (nSPS) is 17.3. The maximum absolute atomic E-state index is 13.5. The summed E-state index contributed by atoms with van der Waals surface area (Å²) in [4.78, 5) is 0.117. The summed E-state index contributed by atoms with van der Waals surface area (Å²) in [6.07, 6.45) is 1.53. The zero-order valence-corrected chi connectivity index (χ0v) is 20.7. The van der Waals surface area contributed by atoms with Gasteiger partial charge in [0.15, 0.2) is 0 Å². The Morgan fingerprint density at radius 1 is 0.875 bits per heavy atom. The van der Waals surface area contributed by atoms with Crippen molar-refractivity contribution < 1.29 is 21.6 Å². The van der Waals surface area contributed by atoms with E-state index in [0.29, 0.717) is 24.7 Å². The monoisotopic (exact) mass is 500 g/mol. The van der Waals surface area contributed by atoms with Crippen molar-refractivity contribution in [3.63, 3.8) is 0 Å². The van der Waals surface area contributed by atoms with Crippen LogP contribution in [0.1, 0.15) is 32.3 Å². The minimum atomic E-state index is -3.88. The average Bonchev–Trinajstić information content (AvgIpc) is 3.29. The Hall–Kier alpha value is -1.49. The van der Waals surface area contributed by atoms with Crippen molar-refractivity contribution in [2.24, 2.45) is 0 Å². The first-order valence-electron chi connectivity index (χ1n) is 10.6. The van der Waals surface area contributed by atoms with Crippen molar-refractivity contribution in [3.8, 4) is 0 Å². The fourth-order valence-electron chi connectivity index (χ4n) is 3.70. The predicted molar refractivity (Wildman–Crippen MR) is 125 cm³/mol. The van der Waals surface area contributed by atoms with Crippen molar-refractivity contribution in [1.82, 2.24) is 8.61 Å². The summed E-state index contributed by atoms with van der Waals surface area (Å²) in [5.74, 6) is 0. The largest absolute Gasteiger partial charge is 0.377 e. The molecule has 2 aromatic carbocycles. The van der Waals surface area contributed by atoms with Crippen molar-refractivity contribution in [1.29, 1.82) is 0 Å². The van der Waals surface area contributed by atoms with E-state index in [-0.39, 0.29) is 29.0 Å². The van der Waals surface area contributed by atoms with Crippen molar-refractivity contribution in [3.05, 3.63) is 59.1 Å². The molecule has 1 atom stereocenters. The maximum atomic E-state index is 13.5. The highest BCUT2D eigenvalue weighted by Crippen LogP contribution is 2.25. The molecule has 0 N–H and O–H groups in total. The van der Waals surface area contributed by atoms with Crippen molar-refractivity contribution in [2.45, 2.75) is 49.1 Å². The molecule has 1 aliphatic rings. The number of hydrogen-bond acceptors (Lipinski definition) is 5. The van der Waals surface area contributed by atoms with E-state index >= 15 is 0 Å². The van der Waals surface area contributed by atoms with Crippen LogP contribution < -0.4 is 0 Å². The lowest BCUT2D eigenvalue weighted by atomic mass is 10.2. The maximum Gasteiger partial charge on any atom is 0.243 e. The second-order valence-corrected chi connectivity index (χ2v) is 11.9. The summed E-state index contributed by atoms with van der Waals surface area (Å²) < 4.78 is 60.8. The molecule has 10 heteroatoms. The molecule has 1 fully saturated rings. The van der Waals surface area contributed by atoms with Crippen LogP contribution in [0, 0.1) is 0 Å². The first kappa shape index (κ1) is 25.1. The molecule has 0 bridgehead atoms. The number of halogens is 1. The highest BCUT2D eigenvalue weighted by molar-refractivity contribution is 7.89. The Balaban J connectivity index is 1.90. The molecule has 0 aliphatic carbocycles. The van der Waals surface area contributed by atoms with Gasteiger partial charge in [-0.2, -0.15) is 8.61 Å². The fourth-order valence-corrected chi connectivity index (χ4v) is 6.75. The third-order valence-electron chi connectivity index (χ3n) is 5.51. The number of hydrogen-bond donors (Lipinski definition) is 0. The van der Waals surface area contributed by atoms with E-state index in [1.807, 2.05) is 0 Å². The molecule has 0 radical (unpaired) electrons. The summed E-state index contributed by atoms with van der Waals surface area (Å²) in [6, 6.07) is 12.5. The van der Waals surface area contributed by atoms with Gasteiger partial charge in [0.1, 0.15) is 0 Å². The number of sulfonamides is 2. The molecule has 32 heavy (non-hydrogen) atoms. The zero-order chi connectivity index (χ0) is 23.4. The minimum Gasteiger partial charge on any atom is -0.377 e. The quantitative estimate of drug-likeness (QED) is 0.496. The number of benzene rings is 2. The van der Waals surface area contributed by atoms with Gasteiger partial charge in [0, 0.05) is 37.8 Å². The molecule has 2 aromatic rings. The number of rotatable bonds is 10. The Bertz CT molecular complexity index is 1090. The Morgan fingerprint density at radius 3 is 1.88 bits per heavy atom. The lowest BCUT2D eigenvalue weighted by Crippen LogP contribution is -2.37. The van der Waals surface area contributed by atoms with E-state index in [1.54, 1.807) is 38.1 Å². The van der Waals surface area contributed by atoms with E-state index in [0.717, 1.165) is 18.4 Å². The van der Waals surface area contributed by atoms with Crippen LogP contribution in [-0.2, 0) is 31.3 Å². The van der Waals surface area contributed by atoms with Gasteiger partial charge in [0.05, 0.1) is 15.9 Å². The first-order valence-corrected chi connectivity index (χ1v) is 13.9. The standard InChI is InChI=1S/C22H29ClN2O5S2/c1-3-24(4-2)31(26,27)21-11-13-22(14-12-21)32(28,29)25(17-20-6-5-15-30-20)16-18-7-9-19(23)10-8-18/h7-14,20H,3-6,15-17H2,1-2H3/t20-/m0/s1. The SMILES string of the molecule is CCN(CC)S(=O)(=O)c1ccc(S(=O)(=O)N(Cc2ccc(Cl)cc2)C[C@@H]2CCCO2)cc1. The summed E-state index contributed by atoms with van der Waals surface area (Å²) in [5.41, 5.74) is 0.803. The second kappa shape index (κ2) is 10.6. The van der Waals surface area contributed by atoms with Gasteiger partial charge in [0.25, 0.3) is 0 Å². The molecule has 1 aliphatic heterocycles. The van der Waals surface area contributed by atoms with Crippen LogP contribution in [0.2, 0.25) is 5.02 Å². The average molecular weight is 501 g/mol. The Morgan fingerprint density at radius 2 is 1.41 bits per heavy atom. The minimum absolute atomic E-state index is 0.0444. The van der Waals surface area contributed by atoms with Crippen LogP contribution in [0.4, 0.5) is 0 Å². The first-order chi connectivity index (χ1) is 15.2. The summed E-state index contributed by atoms with van der Waals surface area (Å²) in [5, 5.41) is 0.576. The fraction of sp³-hybridized carbons (Fsp3) is 0.455. The van der Waals surface area contributed by atoms with E-state index in [9.17, 15) is 16.8 Å². The van der Waals surface area contributed by atoms with Crippen LogP contribution in [0.5, 0.6) is 0 Å². The van der Waals surface area contributed by atoms with Gasteiger partial charge in [-0.3, -0.25) is 0 Å². The van der Waals surface area contributed by atoms with E-state index in [1.165, 1.54) is 32.9 Å². The highest BCUT2D eigenvalue weighted by Gasteiger charge is 2.30. The van der Waals surface area contributed by atoms with Gasteiger partial charge in [-0.05, 0) is 54.8 Å². The van der Waals surface area contributed by atoms with E-state index in [2.05, 4.69) is 0 Å². The van der Waals surface area contributed by atoms with Crippen LogP contribution in [0.3, 0.4) is 0 Å². The van der Waals surface area contributed by atoms with E-state index < -0.39 is 20.0 Å². The van der Waals surface area contributed by atoms with Gasteiger partial charge in [-0.25, -0.2) is 16.8 Å². The molecule has 0 amide bonds. The zero-order valence-electron chi connectivity index (χ0n) is 18.3. The van der Waals surface area contributed by atoms with Gasteiger partial charge in [-0.15, -0.1) is 0 Å². The lowest BCUT2D eigenvalue weighted by molar-refractivity contribution is 0.0926. The van der Waals surface area contributed by atoms with Crippen LogP contribution in [-0.4, -0.2) is 57.8 Å².